The summed E-state index contributed by atoms with van der Waals surface area (Å²) in [6.07, 6.45) is 1.72. The van der Waals surface area contributed by atoms with E-state index < -0.39 is 28.5 Å². The molecular weight excluding hydrogens is 513 g/mol. The van der Waals surface area contributed by atoms with Gasteiger partial charge in [-0.15, -0.1) is 0 Å². The molecule has 0 saturated carbocycles. The predicted octanol–water partition coefficient (Wildman–Crippen LogP) is 4.10. The maximum atomic E-state index is 13.6. The lowest BCUT2D eigenvalue weighted by Crippen LogP contribution is -2.52. The molecule has 0 fully saturated rings. The number of nitrogens with zero attached hydrogens (tertiary/aromatic N) is 2. The highest BCUT2D eigenvalue weighted by atomic mass is 35.5. The van der Waals surface area contributed by atoms with E-state index >= 15 is 0 Å². The molecule has 2 atom stereocenters. The molecule has 35 heavy (non-hydrogen) atoms. The lowest BCUT2D eigenvalue weighted by Gasteiger charge is -2.32. The predicted molar refractivity (Wildman–Crippen MR) is 140 cm³/mol. The maximum Gasteiger partial charge on any atom is 0.244 e. The Kier molecular flexibility index (Phi) is 10.2. The molecule has 2 aromatic rings. The largest absolute Gasteiger partial charge is 0.497 e. The quantitative estimate of drug-likeness (QED) is 0.460. The van der Waals surface area contributed by atoms with Gasteiger partial charge in [0.2, 0.25) is 21.8 Å². The van der Waals surface area contributed by atoms with Crippen LogP contribution in [0.15, 0.2) is 42.5 Å². The zero-order valence-corrected chi connectivity index (χ0v) is 22.7. The number of hydrogen-bond acceptors (Lipinski definition) is 5. The second-order valence-electron chi connectivity index (χ2n) is 8.18. The molecule has 192 valence electrons. The highest BCUT2D eigenvalue weighted by Crippen LogP contribution is 2.27. The third-order valence-electron chi connectivity index (χ3n) is 5.60. The van der Waals surface area contributed by atoms with Gasteiger partial charge in [-0.1, -0.05) is 36.2 Å². The lowest BCUT2D eigenvalue weighted by molar-refractivity contribution is -0.139. The van der Waals surface area contributed by atoms with E-state index in [-0.39, 0.29) is 24.2 Å². The number of methoxy groups -OCH3 is 1. The van der Waals surface area contributed by atoms with Gasteiger partial charge in [0.25, 0.3) is 0 Å². The molecule has 2 rings (SSSR count). The smallest absolute Gasteiger partial charge is 0.244 e. The second kappa shape index (κ2) is 12.5. The van der Waals surface area contributed by atoms with Crippen molar-refractivity contribution in [1.29, 1.82) is 0 Å². The zero-order chi connectivity index (χ0) is 26.3. The number of anilines is 1. The molecule has 0 spiro atoms. The third-order valence-corrected chi connectivity index (χ3v) is 7.45. The van der Waals surface area contributed by atoms with Crippen LogP contribution in [0.2, 0.25) is 10.0 Å². The summed E-state index contributed by atoms with van der Waals surface area (Å²) in [6, 6.07) is 10.2. The Balaban J connectivity index is 2.43. The van der Waals surface area contributed by atoms with Crippen molar-refractivity contribution in [3.63, 3.8) is 0 Å². The van der Waals surface area contributed by atoms with Crippen LogP contribution in [0.25, 0.3) is 0 Å². The number of hydrogen-bond donors (Lipinski definition) is 1. The Morgan fingerprint density at radius 3 is 2.11 bits per heavy atom. The topological polar surface area (TPSA) is 96.0 Å². The van der Waals surface area contributed by atoms with Crippen LogP contribution in [0.1, 0.15) is 32.8 Å². The molecule has 0 heterocycles. The first-order valence-electron chi connectivity index (χ1n) is 11.0. The van der Waals surface area contributed by atoms with E-state index in [2.05, 4.69) is 5.32 Å². The number of benzene rings is 2. The highest BCUT2D eigenvalue weighted by molar-refractivity contribution is 7.92. The summed E-state index contributed by atoms with van der Waals surface area (Å²) in [4.78, 5) is 27.8. The van der Waals surface area contributed by atoms with Crippen LogP contribution < -0.4 is 14.4 Å². The summed E-state index contributed by atoms with van der Waals surface area (Å²) in [5.74, 6) is -0.417. The van der Waals surface area contributed by atoms with Crippen LogP contribution in [-0.2, 0) is 26.2 Å². The summed E-state index contributed by atoms with van der Waals surface area (Å²) in [5.41, 5.74) is 0.747. The minimum absolute atomic E-state index is 0.0767. The molecular formula is C24H31Cl2N3O5S. The van der Waals surface area contributed by atoms with Crippen LogP contribution in [0.3, 0.4) is 0 Å². The first-order chi connectivity index (χ1) is 16.4. The monoisotopic (exact) mass is 543 g/mol. The molecule has 0 bridgehead atoms. The van der Waals surface area contributed by atoms with E-state index in [1.807, 2.05) is 13.8 Å². The summed E-state index contributed by atoms with van der Waals surface area (Å²) < 4.78 is 31.3. The van der Waals surface area contributed by atoms with Gasteiger partial charge < -0.3 is 15.0 Å². The van der Waals surface area contributed by atoms with Crippen molar-refractivity contribution >= 4 is 50.7 Å². The number of carbonyl (C=O) groups is 2. The molecule has 8 nitrogen and oxygen atoms in total. The SMILES string of the molecule is CCC(C)NC(=O)C(C)N(Cc1c(Cl)cccc1Cl)C(=O)CN(c1ccc(OC)cc1)S(C)(=O)=O. The van der Waals surface area contributed by atoms with E-state index in [1.165, 1.54) is 12.0 Å². The highest BCUT2D eigenvalue weighted by Gasteiger charge is 2.31. The Labute approximate surface area is 217 Å². The molecule has 11 heteroatoms. The molecule has 0 radical (unpaired) electrons. The number of carbonyl (C=O) groups excluding carboxylic acids is 2. The van der Waals surface area contributed by atoms with Gasteiger partial charge >= 0.3 is 0 Å². The van der Waals surface area contributed by atoms with Gasteiger partial charge in [0.05, 0.1) is 19.1 Å². The van der Waals surface area contributed by atoms with Crippen molar-refractivity contribution in [3.05, 3.63) is 58.1 Å². The first kappa shape index (κ1) is 28.7. The number of halogens is 2. The summed E-state index contributed by atoms with van der Waals surface area (Å²) in [7, 11) is -2.34. The van der Waals surface area contributed by atoms with Crippen molar-refractivity contribution in [3.8, 4) is 5.75 Å². The Morgan fingerprint density at radius 1 is 1.06 bits per heavy atom. The molecule has 2 unspecified atom stereocenters. The standard InChI is InChI=1S/C24H31Cl2N3O5S/c1-6-16(2)27-24(31)17(3)28(14-20-21(25)8-7-9-22(20)26)23(30)15-29(35(5,32)33)18-10-12-19(34-4)13-11-18/h7-13,16-17H,6,14-15H2,1-5H3,(H,27,31). The first-order valence-corrected chi connectivity index (χ1v) is 13.6. The van der Waals surface area contributed by atoms with Crippen molar-refractivity contribution in [1.82, 2.24) is 10.2 Å². The molecule has 1 N–H and O–H groups in total. The minimum atomic E-state index is -3.83. The van der Waals surface area contributed by atoms with Gasteiger partial charge in [-0.3, -0.25) is 13.9 Å². The van der Waals surface area contributed by atoms with Crippen molar-refractivity contribution in [2.45, 2.75) is 45.8 Å². The van der Waals surface area contributed by atoms with Gasteiger partial charge in [0.15, 0.2) is 0 Å². The average Bonchev–Trinajstić information content (AvgIpc) is 2.81. The number of sulfonamides is 1. The maximum absolute atomic E-state index is 13.6. The van der Waals surface area contributed by atoms with Crippen molar-refractivity contribution < 1.29 is 22.7 Å². The Morgan fingerprint density at radius 2 is 1.63 bits per heavy atom. The fourth-order valence-corrected chi connectivity index (χ4v) is 4.63. The van der Waals surface area contributed by atoms with E-state index in [9.17, 15) is 18.0 Å². The van der Waals surface area contributed by atoms with Crippen LogP contribution in [0.4, 0.5) is 5.69 Å². The molecule has 0 aliphatic rings. The van der Waals surface area contributed by atoms with Crippen LogP contribution >= 0.6 is 23.2 Å². The van der Waals surface area contributed by atoms with E-state index in [1.54, 1.807) is 49.4 Å². The number of rotatable bonds is 11. The minimum Gasteiger partial charge on any atom is -0.497 e. The summed E-state index contributed by atoms with van der Waals surface area (Å²) in [5, 5.41) is 3.53. The Bertz CT molecular complexity index is 1120. The van der Waals surface area contributed by atoms with E-state index in [0.717, 1.165) is 10.6 Å². The normalized spacial score (nSPS) is 13.0. The van der Waals surface area contributed by atoms with Gasteiger partial charge in [-0.05, 0) is 56.7 Å². The van der Waals surface area contributed by atoms with Crippen LogP contribution in [0.5, 0.6) is 5.75 Å². The van der Waals surface area contributed by atoms with Gasteiger partial charge in [0.1, 0.15) is 18.3 Å². The molecule has 0 aliphatic carbocycles. The van der Waals surface area contributed by atoms with Crippen LogP contribution in [-0.4, -0.2) is 57.1 Å². The molecule has 0 saturated heterocycles. The van der Waals surface area contributed by atoms with Gasteiger partial charge in [-0.25, -0.2) is 8.42 Å². The summed E-state index contributed by atoms with van der Waals surface area (Å²) >= 11 is 12.7. The van der Waals surface area contributed by atoms with Crippen LogP contribution in [0, 0.1) is 0 Å². The number of amides is 2. The lowest BCUT2D eigenvalue weighted by atomic mass is 10.1. The third kappa shape index (κ3) is 7.75. The zero-order valence-electron chi connectivity index (χ0n) is 20.4. The van der Waals surface area contributed by atoms with Crippen molar-refractivity contribution in [2.75, 3.05) is 24.2 Å². The Hall–Kier alpha value is -2.49. The molecule has 2 amide bonds. The summed E-state index contributed by atoms with van der Waals surface area (Å²) in [6.45, 7) is 4.77. The number of ether oxygens (including phenoxy) is 1. The van der Waals surface area contributed by atoms with Gasteiger partial charge in [-0.2, -0.15) is 0 Å². The fourth-order valence-electron chi connectivity index (χ4n) is 3.26. The number of nitrogens with one attached hydrogen (secondary N) is 1. The average molecular weight is 545 g/mol. The molecule has 0 aromatic heterocycles. The fraction of sp³-hybridized carbons (Fsp3) is 0.417. The van der Waals surface area contributed by atoms with Crippen molar-refractivity contribution in [2.24, 2.45) is 0 Å². The van der Waals surface area contributed by atoms with Gasteiger partial charge in [0, 0.05) is 28.2 Å². The molecule has 0 aliphatic heterocycles. The van der Waals surface area contributed by atoms with E-state index in [0.29, 0.717) is 27.8 Å². The second-order valence-corrected chi connectivity index (χ2v) is 10.9. The molecule has 2 aromatic carbocycles. The van der Waals surface area contributed by atoms with E-state index in [4.69, 9.17) is 27.9 Å².